The average Bonchev–Trinajstić information content (AvgIpc) is 3.31. The summed E-state index contributed by atoms with van der Waals surface area (Å²) in [6.07, 6.45) is 3.38. The largest absolute Gasteiger partial charge is 0.467 e. The normalized spacial score (nSPS) is 13.2. The van der Waals surface area contributed by atoms with Gasteiger partial charge < -0.3 is 15.1 Å². The number of nitrogens with one attached hydrogen (secondary N) is 2. The molecule has 1 aromatic carbocycles. The van der Waals surface area contributed by atoms with Gasteiger partial charge in [0.15, 0.2) is 0 Å². The monoisotopic (exact) mass is 341 g/mol. The fourth-order valence-electron chi connectivity index (χ4n) is 2.41. The third-order valence-corrected chi connectivity index (χ3v) is 4.68. The van der Waals surface area contributed by atoms with Gasteiger partial charge in [-0.1, -0.05) is 37.3 Å². The van der Waals surface area contributed by atoms with Crippen LogP contribution in [0.1, 0.15) is 35.2 Å². The van der Waals surface area contributed by atoms with Crippen molar-refractivity contribution in [1.29, 1.82) is 0 Å². The van der Waals surface area contributed by atoms with Gasteiger partial charge in [0.1, 0.15) is 11.8 Å². The zero-order valence-corrected chi connectivity index (χ0v) is 14.1. The van der Waals surface area contributed by atoms with Gasteiger partial charge >= 0.3 is 6.03 Å². The Bertz CT molecular complexity index is 742. The second kappa shape index (κ2) is 7.79. The highest BCUT2D eigenvalue weighted by molar-refractivity contribution is 7.09. The SMILES string of the molecule is CC(CNC(=O)NC(c1ccccc1)c1ccco1)c1nccs1. The molecule has 2 atom stereocenters. The number of benzene rings is 1. The topological polar surface area (TPSA) is 67.2 Å². The molecule has 3 aromatic rings. The number of urea groups is 1. The van der Waals surface area contributed by atoms with Gasteiger partial charge in [-0.05, 0) is 17.7 Å². The number of hydrogen-bond acceptors (Lipinski definition) is 4. The molecule has 0 spiro atoms. The minimum absolute atomic E-state index is 0.175. The molecular formula is C18H19N3O2S. The molecular weight excluding hydrogens is 322 g/mol. The van der Waals surface area contributed by atoms with E-state index >= 15 is 0 Å². The molecule has 0 fully saturated rings. The van der Waals surface area contributed by atoms with Crippen molar-refractivity contribution in [1.82, 2.24) is 15.6 Å². The van der Waals surface area contributed by atoms with E-state index in [0.717, 1.165) is 10.6 Å². The van der Waals surface area contributed by atoms with Crippen molar-refractivity contribution >= 4 is 17.4 Å². The lowest BCUT2D eigenvalue weighted by Gasteiger charge is -2.18. The Kier molecular flexibility index (Phi) is 5.28. The van der Waals surface area contributed by atoms with Gasteiger partial charge in [0.05, 0.1) is 11.3 Å². The maximum atomic E-state index is 12.3. The molecule has 2 heterocycles. The molecule has 6 heteroatoms. The predicted molar refractivity (Wildman–Crippen MR) is 94.1 cm³/mol. The van der Waals surface area contributed by atoms with Gasteiger partial charge in [-0.2, -0.15) is 0 Å². The maximum Gasteiger partial charge on any atom is 0.315 e. The van der Waals surface area contributed by atoms with Crippen molar-refractivity contribution in [2.75, 3.05) is 6.54 Å². The molecule has 2 unspecified atom stereocenters. The Labute approximate surface area is 144 Å². The first-order valence-electron chi connectivity index (χ1n) is 7.76. The molecule has 3 rings (SSSR count). The Morgan fingerprint density at radius 3 is 2.75 bits per heavy atom. The second-order valence-corrected chi connectivity index (χ2v) is 6.41. The van der Waals surface area contributed by atoms with Crippen molar-refractivity contribution < 1.29 is 9.21 Å². The smallest absolute Gasteiger partial charge is 0.315 e. The van der Waals surface area contributed by atoms with Crippen LogP contribution in [0.3, 0.4) is 0 Å². The minimum atomic E-state index is -0.323. The van der Waals surface area contributed by atoms with Crippen LogP contribution in [0.4, 0.5) is 4.79 Å². The standard InChI is InChI=1S/C18H19N3O2S/c1-13(17-19-9-11-24-17)12-20-18(22)21-16(15-8-5-10-23-15)14-6-3-2-4-7-14/h2-11,13,16H,12H2,1H3,(H2,20,21,22). The molecule has 0 saturated carbocycles. The van der Waals surface area contributed by atoms with Crippen LogP contribution >= 0.6 is 11.3 Å². The van der Waals surface area contributed by atoms with E-state index in [1.165, 1.54) is 0 Å². The van der Waals surface area contributed by atoms with Gasteiger partial charge in [0.25, 0.3) is 0 Å². The van der Waals surface area contributed by atoms with Gasteiger partial charge in [-0.15, -0.1) is 11.3 Å². The summed E-state index contributed by atoms with van der Waals surface area (Å²) in [5.74, 6) is 0.874. The molecule has 24 heavy (non-hydrogen) atoms. The van der Waals surface area contributed by atoms with Gasteiger partial charge in [0, 0.05) is 24.0 Å². The maximum absolute atomic E-state index is 12.3. The van der Waals surface area contributed by atoms with E-state index in [0.29, 0.717) is 12.3 Å². The molecule has 0 aliphatic carbocycles. The van der Waals surface area contributed by atoms with Crippen LogP contribution in [0.25, 0.3) is 0 Å². The number of hydrogen-bond donors (Lipinski definition) is 2. The number of carbonyl (C=O) groups is 1. The number of amides is 2. The zero-order chi connectivity index (χ0) is 16.8. The Morgan fingerprint density at radius 1 is 1.25 bits per heavy atom. The van der Waals surface area contributed by atoms with Crippen LogP contribution in [-0.2, 0) is 0 Å². The van der Waals surface area contributed by atoms with E-state index in [2.05, 4.69) is 15.6 Å². The Morgan fingerprint density at radius 2 is 2.08 bits per heavy atom. The molecule has 0 bridgehead atoms. The van der Waals surface area contributed by atoms with Crippen LogP contribution < -0.4 is 10.6 Å². The number of carbonyl (C=O) groups excluding carboxylic acids is 1. The molecule has 0 saturated heterocycles. The summed E-state index contributed by atoms with van der Waals surface area (Å²) >= 11 is 1.59. The molecule has 124 valence electrons. The summed E-state index contributed by atoms with van der Waals surface area (Å²) in [7, 11) is 0. The Balaban J connectivity index is 1.63. The first-order valence-corrected chi connectivity index (χ1v) is 8.64. The molecule has 0 aliphatic heterocycles. The van der Waals surface area contributed by atoms with Gasteiger partial charge in [-0.25, -0.2) is 9.78 Å². The lowest BCUT2D eigenvalue weighted by atomic mass is 10.0. The van der Waals surface area contributed by atoms with E-state index in [-0.39, 0.29) is 18.0 Å². The van der Waals surface area contributed by atoms with Crippen LogP contribution in [0.2, 0.25) is 0 Å². The third-order valence-electron chi connectivity index (χ3n) is 3.68. The first-order chi connectivity index (χ1) is 11.7. The Hall–Kier alpha value is -2.60. The highest BCUT2D eigenvalue weighted by Crippen LogP contribution is 2.22. The summed E-state index contributed by atoms with van der Waals surface area (Å²) in [5.41, 5.74) is 0.968. The van der Waals surface area contributed by atoms with Crippen molar-refractivity contribution in [2.45, 2.75) is 18.9 Å². The van der Waals surface area contributed by atoms with Crippen molar-refractivity contribution in [3.63, 3.8) is 0 Å². The number of rotatable bonds is 6. The molecule has 5 nitrogen and oxygen atoms in total. The molecule has 2 N–H and O–H groups in total. The second-order valence-electron chi connectivity index (χ2n) is 5.48. The fourth-order valence-corrected chi connectivity index (χ4v) is 3.11. The summed E-state index contributed by atoms with van der Waals surface area (Å²) in [5, 5.41) is 8.84. The third kappa shape index (κ3) is 4.02. The van der Waals surface area contributed by atoms with Crippen molar-refractivity contribution in [3.8, 4) is 0 Å². The fraction of sp³-hybridized carbons (Fsp3) is 0.222. The van der Waals surface area contributed by atoms with Crippen molar-refractivity contribution in [3.05, 3.63) is 76.6 Å². The number of thiazole rings is 1. The summed E-state index contributed by atoms with van der Waals surface area (Å²) in [4.78, 5) is 16.6. The van der Waals surface area contributed by atoms with E-state index in [1.807, 2.05) is 54.8 Å². The van der Waals surface area contributed by atoms with Crippen molar-refractivity contribution in [2.24, 2.45) is 0 Å². The van der Waals surface area contributed by atoms with E-state index < -0.39 is 0 Å². The lowest BCUT2D eigenvalue weighted by molar-refractivity contribution is 0.236. The molecule has 0 aliphatic rings. The highest BCUT2D eigenvalue weighted by Gasteiger charge is 2.19. The lowest BCUT2D eigenvalue weighted by Crippen LogP contribution is -2.39. The minimum Gasteiger partial charge on any atom is -0.467 e. The molecule has 2 amide bonds. The quantitative estimate of drug-likeness (QED) is 0.714. The van der Waals surface area contributed by atoms with Crippen LogP contribution in [0.5, 0.6) is 0 Å². The van der Waals surface area contributed by atoms with Gasteiger partial charge in [-0.3, -0.25) is 0 Å². The average molecular weight is 341 g/mol. The summed E-state index contributed by atoms with van der Waals surface area (Å²) < 4.78 is 5.48. The summed E-state index contributed by atoms with van der Waals surface area (Å²) in [6, 6.07) is 12.9. The predicted octanol–water partition coefficient (Wildman–Crippen LogP) is 3.93. The zero-order valence-electron chi connectivity index (χ0n) is 13.3. The van der Waals surface area contributed by atoms with Crippen LogP contribution in [0, 0.1) is 0 Å². The first kappa shape index (κ1) is 16.3. The highest BCUT2D eigenvalue weighted by atomic mass is 32.1. The van der Waals surface area contributed by atoms with E-state index in [9.17, 15) is 4.79 Å². The number of furan rings is 1. The van der Waals surface area contributed by atoms with Crippen LogP contribution in [-0.4, -0.2) is 17.6 Å². The molecule has 2 aromatic heterocycles. The van der Waals surface area contributed by atoms with Gasteiger partial charge in [0.2, 0.25) is 0 Å². The van der Waals surface area contributed by atoms with E-state index in [1.54, 1.807) is 23.8 Å². The summed E-state index contributed by atoms with van der Waals surface area (Å²) in [6.45, 7) is 2.57. The van der Waals surface area contributed by atoms with E-state index in [4.69, 9.17) is 4.42 Å². The van der Waals surface area contributed by atoms with Crippen LogP contribution in [0.15, 0.2) is 64.7 Å². The number of aromatic nitrogens is 1. The number of nitrogens with zero attached hydrogens (tertiary/aromatic N) is 1. The molecule has 0 radical (unpaired) electrons.